The van der Waals surface area contributed by atoms with Crippen molar-refractivity contribution < 1.29 is 0 Å². The number of likely N-dealkylation sites (tertiary alicyclic amines) is 1. The van der Waals surface area contributed by atoms with Crippen LogP contribution in [0.1, 0.15) is 38.5 Å². The highest BCUT2D eigenvalue weighted by Gasteiger charge is 2.09. The van der Waals surface area contributed by atoms with E-state index in [9.17, 15) is 0 Å². The number of terminal acetylenes is 1. The molecule has 0 aromatic carbocycles. The van der Waals surface area contributed by atoms with Gasteiger partial charge in [0.1, 0.15) is 0 Å². The molecule has 1 rings (SSSR count). The molecule has 1 fully saturated rings. The summed E-state index contributed by atoms with van der Waals surface area (Å²) in [6.07, 6.45) is 12.6. The van der Waals surface area contributed by atoms with Gasteiger partial charge in [-0.1, -0.05) is 0 Å². The van der Waals surface area contributed by atoms with Crippen molar-refractivity contribution >= 4 is 0 Å². The monoisotopic (exact) mass is 208 g/mol. The van der Waals surface area contributed by atoms with Crippen LogP contribution < -0.4 is 5.32 Å². The van der Waals surface area contributed by atoms with E-state index in [-0.39, 0.29) is 0 Å². The maximum atomic E-state index is 5.18. The Morgan fingerprint density at radius 2 is 1.80 bits per heavy atom. The lowest BCUT2D eigenvalue weighted by molar-refractivity contribution is 0.331. The Morgan fingerprint density at radius 3 is 2.53 bits per heavy atom. The number of unbranched alkanes of at least 4 members (excludes halogenated alkanes) is 2. The first-order chi connectivity index (χ1) is 7.43. The van der Waals surface area contributed by atoms with Gasteiger partial charge in [-0.15, -0.1) is 12.3 Å². The molecule has 0 radical (unpaired) electrons. The number of hydrogen-bond donors (Lipinski definition) is 1. The fraction of sp³-hybridized carbons (Fsp3) is 0.846. The largest absolute Gasteiger partial charge is 0.317 e. The van der Waals surface area contributed by atoms with Gasteiger partial charge in [-0.05, 0) is 64.8 Å². The van der Waals surface area contributed by atoms with Gasteiger partial charge in [-0.2, -0.15) is 0 Å². The lowest BCUT2D eigenvalue weighted by Crippen LogP contribution is -2.25. The SMILES string of the molecule is C#CCCCCNCCCN1CCCC1. The van der Waals surface area contributed by atoms with Gasteiger partial charge in [0.25, 0.3) is 0 Å². The van der Waals surface area contributed by atoms with Crippen LogP contribution in [0.15, 0.2) is 0 Å². The molecular weight excluding hydrogens is 184 g/mol. The summed E-state index contributed by atoms with van der Waals surface area (Å²) in [5.41, 5.74) is 0. The van der Waals surface area contributed by atoms with E-state index in [1.807, 2.05) is 0 Å². The second-order valence-corrected chi connectivity index (χ2v) is 4.31. The first kappa shape index (κ1) is 12.5. The molecule has 0 aromatic heterocycles. The van der Waals surface area contributed by atoms with Crippen LogP contribution in [0.3, 0.4) is 0 Å². The lowest BCUT2D eigenvalue weighted by Gasteiger charge is -2.14. The second kappa shape index (κ2) is 8.76. The Bertz CT molecular complexity index is 177. The molecule has 2 nitrogen and oxygen atoms in total. The number of nitrogens with zero attached hydrogens (tertiary/aromatic N) is 1. The van der Waals surface area contributed by atoms with Gasteiger partial charge in [0, 0.05) is 6.42 Å². The van der Waals surface area contributed by atoms with E-state index in [2.05, 4.69) is 16.1 Å². The molecular formula is C13H24N2. The van der Waals surface area contributed by atoms with Crippen molar-refractivity contribution in [2.24, 2.45) is 0 Å². The van der Waals surface area contributed by atoms with Gasteiger partial charge in [0.2, 0.25) is 0 Å². The van der Waals surface area contributed by atoms with E-state index in [0.717, 1.165) is 25.9 Å². The van der Waals surface area contributed by atoms with Crippen molar-refractivity contribution in [3.63, 3.8) is 0 Å². The molecule has 1 saturated heterocycles. The van der Waals surface area contributed by atoms with Gasteiger partial charge in [-0.25, -0.2) is 0 Å². The first-order valence-corrected chi connectivity index (χ1v) is 6.30. The highest BCUT2D eigenvalue weighted by molar-refractivity contribution is 4.82. The van der Waals surface area contributed by atoms with E-state index in [1.165, 1.54) is 45.3 Å². The summed E-state index contributed by atoms with van der Waals surface area (Å²) in [5.74, 6) is 2.67. The van der Waals surface area contributed by atoms with Crippen molar-refractivity contribution in [1.29, 1.82) is 0 Å². The fourth-order valence-electron chi connectivity index (χ4n) is 2.04. The number of hydrogen-bond acceptors (Lipinski definition) is 2. The molecule has 1 N–H and O–H groups in total. The fourth-order valence-corrected chi connectivity index (χ4v) is 2.04. The summed E-state index contributed by atoms with van der Waals surface area (Å²) in [6.45, 7) is 6.20. The Balaban J connectivity index is 1.75. The topological polar surface area (TPSA) is 15.3 Å². The third-order valence-corrected chi connectivity index (χ3v) is 2.95. The molecule has 0 aromatic rings. The summed E-state index contributed by atoms with van der Waals surface area (Å²) in [5, 5.41) is 3.47. The zero-order valence-corrected chi connectivity index (χ0v) is 9.80. The van der Waals surface area contributed by atoms with Crippen LogP contribution in [0.4, 0.5) is 0 Å². The van der Waals surface area contributed by atoms with E-state index in [0.29, 0.717) is 0 Å². The summed E-state index contributed by atoms with van der Waals surface area (Å²) in [4.78, 5) is 2.57. The standard InChI is InChI=1S/C13H24N2/c1-2-3-4-5-9-14-10-8-13-15-11-6-7-12-15/h1,14H,3-13H2. The molecule has 2 heteroatoms. The molecule has 0 unspecified atom stereocenters. The summed E-state index contributed by atoms with van der Waals surface area (Å²) in [7, 11) is 0. The van der Waals surface area contributed by atoms with Gasteiger partial charge in [0.15, 0.2) is 0 Å². The smallest absolute Gasteiger partial charge is 0.00865 e. The van der Waals surface area contributed by atoms with Crippen LogP contribution in [0.25, 0.3) is 0 Å². The highest BCUT2D eigenvalue weighted by Crippen LogP contribution is 2.06. The zero-order chi connectivity index (χ0) is 10.8. The average Bonchev–Trinajstić information content (AvgIpc) is 2.75. The molecule has 0 aliphatic carbocycles. The van der Waals surface area contributed by atoms with Crippen LogP contribution in [-0.4, -0.2) is 37.6 Å². The van der Waals surface area contributed by atoms with Gasteiger partial charge >= 0.3 is 0 Å². The molecule has 0 saturated carbocycles. The maximum absolute atomic E-state index is 5.18. The molecule has 0 bridgehead atoms. The van der Waals surface area contributed by atoms with E-state index < -0.39 is 0 Å². The van der Waals surface area contributed by atoms with Crippen LogP contribution >= 0.6 is 0 Å². The van der Waals surface area contributed by atoms with Gasteiger partial charge < -0.3 is 10.2 Å². The minimum absolute atomic E-state index is 0.926. The molecule has 0 amide bonds. The first-order valence-electron chi connectivity index (χ1n) is 6.30. The highest BCUT2D eigenvalue weighted by atomic mass is 15.1. The summed E-state index contributed by atoms with van der Waals surface area (Å²) >= 11 is 0. The minimum atomic E-state index is 0.926. The lowest BCUT2D eigenvalue weighted by atomic mass is 10.2. The van der Waals surface area contributed by atoms with Crippen molar-refractivity contribution in [3.05, 3.63) is 0 Å². The van der Waals surface area contributed by atoms with Gasteiger partial charge in [-0.3, -0.25) is 0 Å². The number of nitrogens with one attached hydrogen (secondary N) is 1. The van der Waals surface area contributed by atoms with Crippen molar-refractivity contribution in [1.82, 2.24) is 10.2 Å². The molecule has 1 heterocycles. The van der Waals surface area contributed by atoms with Crippen LogP contribution in [0.5, 0.6) is 0 Å². The summed E-state index contributed by atoms with van der Waals surface area (Å²) < 4.78 is 0. The molecule has 0 spiro atoms. The van der Waals surface area contributed by atoms with Crippen molar-refractivity contribution in [3.8, 4) is 12.3 Å². The molecule has 1 aliphatic heterocycles. The Kier molecular flexibility index (Phi) is 7.33. The molecule has 0 atom stereocenters. The third-order valence-electron chi connectivity index (χ3n) is 2.95. The Morgan fingerprint density at radius 1 is 1.07 bits per heavy atom. The molecule has 86 valence electrons. The predicted octanol–water partition coefficient (Wildman–Crippen LogP) is 1.87. The third kappa shape index (κ3) is 6.54. The quantitative estimate of drug-likeness (QED) is 0.484. The second-order valence-electron chi connectivity index (χ2n) is 4.31. The summed E-state index contributed by atoms with van der Waals surface area (Å²) in [6, 6.07) is 0. The van der Waals surface area contributed by atoms with E-state index in [1.54, 1.807) is 0 Å². The van der Waals surface area contributed by atoms with Crippen LogP contribution in [0, 0.1) is 12.3 Å². The van der Waals surface area contributed by atoms with Crippen LogP contribution in [0.2, 0.25) is 0 Å². The van der Waals surface area contributed by atoms with Crippen LogP contribution in [-0.2, 0) is 0 Å². The Hall–Kier alpha value is -0.520. The zero-order valence-electron chi connectivity index (χ0n) is 9.80. The Labute approximate surface area is 94.4 Å². The normalized spacial score (nSPS) is 16.7. The minimum Gasteiger partial charge on any atom is -0.317 e. The van der Waals surface area contributed by atoms with Gasteiger partial charge in [0.05, 0.1) is 0 Å². The van der Waals surface area contributed by atoms with Crippen molar-refractivity contribution in [2.75, 3.05) is 32.7 Å². The maximum Gasteiger partial charge on any atom is 0.00865 e. The van der Waals surface area contributed by atoms with E-state index >= 15 is 0 Å². The predicted molar refractivity (Wildman–Crippen MR) is 65.8 cm³/mol. The number of rotatable bonds is 8. The van der Waals surface area contributed by atoms with Crippen molar-refractivity contribution in [2.45, 2.75) is 38.5 Å². The molecule has 15 heavy (non-hydrogen) atoms. The average molecular weight is 208 g/mol. The van der Waals surface area contributed by atoms with E-state index in [4.69, 9.17) is 6.42 Å². The molecule has 1 aliphatic rings.